The maximum absolute atomic E-state index is 11.5. The van der Waals surface area contributed by atoms with Crippen molar-refractivity contribution < 1.29 is 9.53 Å². The average molecular weight is 255 g/mol. The molecule has 0 aliphatic rings. The van der Waals surface area contributed by atoms with Gasteiger partial charge in [-0.2, -0.15) is 0 Å². The minimum atomic E-state index is -0.329. The summed E-state index contributed by atoms with van der Waals surface area (Å²) in [6.07, 6.45) is 0. The summed E-state index contributed by atoms with van der Waals surface area (Å²) >= 11 is 0. The van der Waals surface area contributed by atoms with E-state index in [1.165, 1.54) is 7.11 Å². The van der Waals surface area contributed by atoms with Gasteiger partial charge in [0.15, 0.2) is 0 Å². The van der Waals surface area contributed by atoms with Crippen LogP contribution in [0.15, 0.2) is 48.5 Å². The van der Waals surface area contributed by atoms with Gasteiger partial charge in [0.2, 0.25) is 0 Å². The first kappa shape index (κ1) is 13.3. The SMILES string of the molecule is COC(=O)c1cccc(-c2cccc([C@@H](C)N)c2)c1. The molecule has 0 heterocycles. The van der Waals surface area contributed by atoms with Gasteiger partial charge in [-0.05, 0) is 41.8 Å². The Hall–Kier alpha value is -2.13. The standard InChI is InChI=1S/C16H17NO2/c1-11(17)12-5-3-6-13(9-12)14-7-4-8-15(10-14)16(18)19-2/h3-11H,17H2,1-2H3/t11-/m1/s1. The topological polar surface area (TPSA) is 52.3 Å². The van der Waals surface area contributed by atoms with Gasteiger partial charge in [-0.3, -0.25) is 0 Å². The highest BCUT2D eigenvalue weighted by atomic mass is 16.5. The monoisotopic (exact) mass is 255 g/mol. The molecular weight excluding hydrogens is 238 g/mol. The smallest absolute Gasteiger partial charge is 0.337 e. The Morgan fingerprint density at radius 3 is 2.37 bits per heavy atom. The molecule has 2 aromatic carbocycles. The molecule has 0 aliphatic heterocycles. The Morgan fingerprint density at radius 2 is 1.74 bits per heavy atom. The molecular formula is C16H17NO2. The first-order valence-corrected chi connectivity index (χ1v) is 6.16. The van der Waals surface area contributed by atoms with Gasteiger partial charge in [0.25, 0.3) is 0 Å². The molecule has 98 valence electrons. The van der Waals surface area contributed by atoms with E-state index in [0.717, 1.165) is 16.7 Å². The van der Waals surface area contributed by atoms with Crippen LogP contribution in [0, 0.1) is 0 Å². The summed E-state index contributed by atoms with van der Waals surface area (Å²) < 4.78 is 4.73. The van der Waals surface area contributed by atoms with E-state index in [-0.39, 0.29) is 12.0 Å². The van der Waals surface area contributed by atoms with Gasteiger partial charge in [-0.25, -0.2) is 4.79 Å². The molecule has 0 unspecified atom stereocenters. The van der Waals surface area contributed by atoms with Crippen molar-refractivity contribution in [3.63, 3.8) is 0 Å². The number of rotatable bonds is 3. The Kier molecular flexibility index (Phi) is 3.97. The number of carbonyl (C=O) groups excluding carboxylic acids is 1. The van der Waals surface area contributed by atoms with Crippen LogP contribution in [0.1, 0.15) is 28.9 Å². The quantitative estimate of drug-likeness (QED) is 0.857. The molecule has 0 amide bonds. The lowest BCUT2D eigenvalue weighted by Crippen LogP contribution is -2.04. The third kappa shape index (κ3) is 3.01. The highest BCUT2D eigenvalue weighted by Gasteiger charge is 2.07. The molecule has 0 spiro atoms. The molecule has 3 nitrogen and oxygen atoms in total. The number of benzene rings is 2. The summed E-state index contributed by atoms with van der Waals surface area (Å²) in [5.74, 6) is -0.329. The van der Waals surface area contributed by atoms with Crippen molar-refractivity contribution >= 4 is 5.97 Å². The largest absolute Gasteiger partial charge is 0.465 e. The normalized spacial score (nSPS) is 11.9. The second kappa shape index (κ2) is 5.67. The van der Waals surface area contributed by atoms with E-state index in [9.17, 15) is 4.79 Å². The number of ether oxygens (including phenoxy) is 1. The zero-order valence-electron chi connectivity index (χ0n) is 11.1. The Morgan fingerprint density at radius 1 is 1.11 bits per heavy atom. The molecule has 0 saturated carbocycles. The number of carbonyl (C=O) groups is 1. The Bertz CT molecular complexity index is 591. The lowest BCUT2D eigenvalue weighted by Gasteiger charge is -2.09. The van der Waals surface area contributed by atoms with Gasteiger partial charge >= 0.3 is 5.97 Å². The fourth-order valence-corrected chi connectivity index (χ4v) is 1.95. The van der Waals surface area contributed by atoms with Gasteiger partial charge in [-0.15, -0.1) is 0 Å². The summed E-state index contributed by atoms with van der Waals surface area (Å²) in [6.45, 7) is 1.95. The molecule has 19 heavy (non-hydrogen) atoms. The predicted octanol–water partition coefficient (Wildman–Crippen LogP) is 3.16. The van der Waals surface area contributed by atoms with E-state index in [2.05, 4.69) is 0 Å². The lowest BCUT2D eigenvalue weighted by atomic mass is 9.99. The van der Waals surface area contributed by atoms with Crippen LogP contribution in [0.25, 0.3) is 11.1 Å². The average Bonchev–Trinajstić information content (AvgIpc) is 2.46. The van der Waals surface area contributed by atoms with Crippen molar-refractivity contribution in [2.24, 2.45) is 5.73 Å². The number of hydrogen-bond acceptors (Lipinski definition) is 3. The van der Waals surface area contributed by atoms with Gasteiger partial charge < -0.3 is 10.5 Å². The second-order valence-corrected chi connectivity index (χ2v) is 4.49. The molecule has 3 heteroatoms. The molecule has 0 bridgehead atoms. The van der Waals surface area contributed by atoms with Gasteiger partial charge in [0.05, 0.1) is 12.7 Å². The lowest BCUT2D eigenvalue weighted by molar-refractivity contribution is 0.0601. The molecule has 0 aliphatic carbocycles. The summed E-state index contributed by atoms with van der Waals surface area (Å²) in [7, 11) is 1.38. The molecule has 0 aromatic heterocycles. The summed E-state index contributed by atoms with van der Waals surface area (Å²) in [5.41, 5.74) is 9.52. The van der Waals surface area contributed by atoms with E-state index in [1.807, 2.05) is 49.4 Å². The minimum absolute atomic E-state index is 0.0104. The van der Waals surface area contributed by atoms with Crippen LogP contribution in [-0.2, 0) is 4.74 Å². The van der Waals surface area contributed by atoms with E-state index < -0.39 is 0 Å². The number of nitrogens with two attached hydrogens (primary N) is 1. The van der Waals surface area contributed by atoms with Crippen molar-refractivity contribution in [2.45, 2.75) is 13.0 Å². The second-order valence-electron chi connectivity index (χ2n) is 4.49. The summed E-state index contributed by atoms with van der Waals surface area (Å²) in [5, 5.41) is 0. The van der Waals surface area contributed by atoms with Crippen molar-refractivity contribution in [2.75, 3.05) is 7.11 Å². The maximum atomic E-state index is 11.5. The first-order chi connectivity index (χ1) is 9.11. The molecule has 2 aromatic rings. The number of methoxy groups -OCH3 is 1. The maximum Gasteiger partial charge on any atom is 0.337 e. The van der Waals surface area contributed by atoms with E-state index >= 15 is 0 Å². The zero-order valence-corrected chi connectivity index (χ0v) is 11.1. The van der Waals surface area contributed by atoms with E-state index in [1.54, 1.807) is 6.07 Å². The minimum Gasteiger partial charge on any atom is -0.465 e. The zero-order chi connectivity index (χ0) is 13.8. The third-order valence-electron chi connectivity index (χ3n) is 3.03. The number of hydrogen-bond donors (Lipinski definition) is 1. The molecule has 1 atom stereocenters. The van der Waals surface area contributed by atoms with Crippen molar-refractivity contribution in [3.05, 3.63) is 59.7 Å². The predicted molar refractivity (Wildman–Crippen MR) is 75.8 cm³/mol. The summed E-state index contributed by atoms with van der Waals surface area (Å²) in [4.78, 5) is 11.5. The van der Waals surface area contributed by atoms with Gasteiger partial charge in [0.1, 0.15) is 0 Å². The van der Waals surface area contributed by atoms with Crippen LogP contribution in [0.5, 0.6) is 0 Å². The highest BCUT2D eigenvalue weighted by molar-refractivity contribution is 5.91. The number of esters is 1. The van der Waals surface area contributed by atoms with E-state index in [4.69, 9.17) is 10.5 Å². The van der Waals surface area contributed by atoms with Crippen LogP contribution >= 0.6 is 0 Å². The summed E-state index contributed by atoms with van der Waals surface area (Å²) in [6, 6.07) is 15.4. The molecule has 2 N–H and O–H groups in total. The first-order valence-electron chi connectivity index (χ1n) is 6.16. The Labute approximate surface area is 113 Å². The highest BCUT2D eigenvalue weighted by Crippen LogP contribution is 2.23. The van der Waals surface area contributed by atoms with Crippen molar-refractivity contribution in [3.8, 4) is 11.1 Å². The molecule has 0 radical (unpaired) electrons. The third-order valence-corrected chi connectivity index (χ3v) is 3.03. The molecule has 0 saturated heterocycles. The van der Waals surface area contributed by atoms with Crippen LogP contribution in [-0.4, -0.2) is 13.1 Å². The fourth-order valence-electron chi connectivity index (χ4n) is 1.95. The Balaban J connectivity index is 2.41. The van der Waals surface area contributed by atoms with Gasteiger partial charge in [-0.1, -0.05) is 30.3 Å². The van der Waals surface area contributed by atoms with Crippen LogP contribution in [0.2, 0.25) is 0 Å². The fraction of sp³-hybridized carbons (Fsp3) is 0.188. The van der Waals surface area contributed by atoms with E-state index in [0.29, 0.717) is 5.56 Å². The molecule has 2 rings (SSSR count). The van der Waals surface area contributed by atoms with Crippen molar-refractivity contribution in [1.82, 2.24) is 0 Å². The van der Waals surface area contributed by atoms with Crippen molar-refractivity contribution in [1.29, 1.82) is 0 Å². The van der Waals surface area contributed by atoms with Crippen LogP contribution in [0.3, 0.4) is 0 Å². The molecule has 0 fully saturated rings. The van der Waals surface area contributed by atoms with Gasteiger partial charge in [0, 0.05) is 6.04 Å². The van der Waals surface area contributed by atoms with Crippen LogP contribution < -0.4 is 5.73 Å². The van der Waals surface area contributed by atoms with Crippen LogP contribution in [0.4, 0.5) is 0 Å².